The van der Waals surface area contributed by atoms with Crippen LogP contribution in [0.2, 0.25) is 0 Å². The number of ether oxygens (including phenoxy) is 1. The van der Waals surface area contributed by atoms with Crippen molar-refractivity contribution in [2.75, 3.05) is 12.4 Å². The van der Waals surface area contributed by atoms with Crippen LogP contribution in [0.5, 0.6) is 11.6 Å². The fourth-order valence-electron chi connectivity index (χ4n) is 2.47. The molecule has 0 atom stereocenters. The average molecular weight is 437 g/mol. The zero-order valence-corrected chi connectivity index (χ0v) is 16.7. The minimum atomic E-state index is -0.273. The Morgan fingerprint density at radius 2 is 2.04 bits per heavy atom. The molecule has 0 unspecified atom stereocenters. The van der Waals surface area contributed by atoms with Gasteiger partial charge in [0.25, 0.3) is 0 Å². The Bertz CT molecular complexity index is 1020. The van der Waals surface area contributed by atoms with E-state index in [9.17, 15) is 4.79 Å². The molecule has 0 aliphatic heterocycles. The van der Waals surface area contributed by atoms with Crippen molar-refractivity contribution in [1.29, 1.82) is 5.26 Å². The van der Waals surface area contributed by atoms with Gasteiger partial charge in [0.2, 0.25) is 5.88 Å². The van der Waals surface area contributed by atoms with Crippen molar-refractivity contribution >= 4 is 27.6 Å². The van der Waals surface area contributed by atoms with E-state index in [-0.39, 0.29) is 6.03 Å². The number of carbonyl (C=O) groups is 1. The number of pyridine rings is 1. The number of carbonyl (C=O) groups excluding carboxylic acids is 1. The maximum atomic E-state index is 12.4. The molecule has 1 aromatic heterocycles. The summed E-state index contributed by atoms with van der Waals surface area (Å²) in [6.07, 6.45) is 1.54. The first-order valence-corrected chi connectivity index (χ1v) is 9.23. The summed E-state index contributed by atoms with van der Waals surface area (Å²) in [7, 11) is 1.69. The van der Waals surface area contributed by atoms with Gasteiger partial charge in [-0.15, -0.1) is 0 Å². The topological polar surface area (TPSA) is 78.2 Å². The van der Waals surface area contributed by atoms with Crippen LogP contribution >= 0.6 is 15.9 Å². The van der Waals surface area contributed by atoms with E-state index in [1.54, 1.807) is 37.4 Å². The lowest BCUT2D eigenvalue weighted by atomic mass is 10.1. The summed E-state index contributed by atoms with van der Waals surface area (Å²) < 4.78 is 6.59. The standard InChI is InChI=1S/C21H17BrN4O2/c1-26(14-16-5-2-4-15(10-16)12-23)21(27)25-18-8-9-20(24-13-18)28-19-7-3-6-17(22)11-19/h2-11,13H,14H2,1H3,(H,25,27). The predicted molar refractivity (Wildman–Crippen MR) is 110 cm³/mol. The Morgan fingerprint density at radius 1 is 1.21 bits per heavy atom. The molecule has 0 fully saturated rings. The number of hydrogen-bond acceptors (Lipinski definition) is 4. The molecule has 0 saturated carbocycles. The van der Waals surface area contributed by atoms with Gasteiger partial charge in [0.15, 0.2) is 0 Å². The molecule has 0 aliphatic rings. The van der Waals surface area contributed by atoms with Crippen LogP contribution in [-0.4, -0.2) is 23.0 Å². The Kier molecular flexibility index (Phi) is 6.25. The van der Waals surface area contributed by atoms with Gasteiger partial charge in [-0.3, -0.25) is 0 Å². The molecule has 0 bridgehead atoms. The van der Waals surface area contributed by atoms with Crippen LogP contribution in [0.3, 0.4) is 0 Å². The molecular formula is C21H17BrN4O2. The summed E-state index contributed by atoms with van der Waals surface area (Å²) in [5, 5.41) is 11.8. The van der Waals surface area contributed by atoms with Crippen molar-refractivity contribution in [2.24, 2.45) is 0 Å². The minimum Gasteiger partial charge on any atom is -0.439 e. The number of nitriles is 1. The Morgan fingerprint density at radius 3 is 2.75 bits per heavy atom. The van der Waals surface area contributed by atoms with E-state index >= 15 is 0 Å². The number of nitrogens with one attached hydrogen (secondary N) is 1. The van der Waals surface area contributed by atoms with Crippen LogP contribution in [0.4, 0.5) is 10.5 Å². The van der Waals surface area contributed by atoms with Crippen molar-refractivity contribution in [3.63, 3.8) is 0 Å². The van der Waals surface area contributed by atoms with Crippen LogP contribution in [0.1, 0.15) is 11.1 Å². The molecule has 28 heavy (non-hydrogen) atoms. The maximum Gasteiger partial charge on any atom is 0.321 e. The maximum absolute atomic E-state index is 12.4. The third kappa shape index (κ3) is 5.32. The van der Waals surface area contributed by atoms with Crippen LogP contribution in [-0.2, 0) is 6.54 Å². The SMILES string of the molecule is CN(Cc1cccc(C#N)c1)C(=O)Nc1ccc(Oc2cccc(Br)c2)nc1. The highest BCUT2D eigenvalue weighted by Crippen LogP contribution is 2.23. The molecule has 1 N–H and O–H groups in total. The minimum absolute atomic E-state index is 0.273. The molecule has 0 radical (unpaired) electrons. The number of benzene rings is 2. The highest BCUT2D eigenvalue weighted by atomic mass is 79.9. The van der Waals surface area contributed by atoms with Gasteiger partial charge in [-0.05, 0) is 42.0 Å². The number of urea groups is 1. The fourth-order valence-corrected chi connectivity index (χ4v) is 2.85. The van der Waals surface area contributed by atoms with E-state index in [4.69, 9.17) is 10.00 Å². The third-order valence-corrected chi connectivity index (χ3v) is 4.32. The van der Waals surface area contributed by atoms with E-state index < -0.39 is 0 Å². The lowest BCUT2D eigenvalue weighted by Crippen LogP contribution is -2.30. The zero-order chi connectivity index (χ0) is 19.9. The van der Waals surface area contributed by atoms with Crippen molar-refractivity contribution in [1.82, 2.24) is 9.88 Å². The van der Waals surface area contributed by atoms with E-state index in [1.165, 1.54) is 11.1 Å². The number of rotatable bonds is 5. The highest BCUT2D eigenvalue weighted by molar-refractivity contribution is 9.10. The van der Waals surface area contributed by atoms with Crippen molar-refractivity contribution in [3.8, 4) is 17.7 Å². The van der Waals surface area contributed by atoms with E-state index in [1.807, 2.05) is 30.3 Å². The van der Waals surface area contributed by atoms with Crippen molar-refractivity contribution in [2.45, 2.75) is 6.54 Å². The van der Waals surface area contributed by atoms with E-state index in [0.717, 1.165) is 10.0 Å². The second kappa shape index (κ2) is 9.02. The lowest BCUT2D eigenvalue weighted by Gasteiger charge is -2.18. The highest BCUT2D eigenvalue weighted by Gasteiger charge is 2.10. The molecule has 2 aromatic carbocycles. The molecule has 0 aliphatic carbocycles. The molecule has 3 aromatic rings. The van der Waals surface area contributed by atoms with E-state index in [0.29, 0.717) is 29.4 Å². The molecule has 7 heteroatoms. The molecule has 2 amide bonds. The first kappa shape index (κ1) is 19.4. The summed E-state index contributed by atoms with van der Waals surface area (Å²) in [5.74, 6) is 1.09. The second-order valence-electron chi connectivity index (χ2n) is 6.04. The van der Waals surface area contributed by atoms with Crippen molar-refractivity contribution < 1.29 is 9.53 Å². The van der Waals surface area contributed by atoms with Gasteiger partial charge in [-0.25, -0.2) is 9.78 Å². The summed E-state index contributed by atoms with van der Waals surface area (Å²) in [5.41, 5.74) is 2.01. The normalized spacial score (nSPS) is 10.0. The fraction of sp³-hybridized carbons (Fsp3) is 0.0952. The summed E-state index contributed by atoms with van der Waals surface area (Å²) in [6, 6.07) is 19.9. The van der Waals surface area contributed by atoms with Gasteiger partial charge < -0.3 is 15.0 Å². The smallest absolute Gasteiger partial charge is 0.321 e. The molecule has 0 spiro atoms. The van der Waals surface area contributed by atoms with Crippen molar-refractivity contribution in [3.05, 3.63) is 82.5 Å². The van der Waals surface area contributed by atoms with Gasteiger partial charge in [0, 0.05) is 24.1 Å². The molecule has 0 saturated heterocycles. The number of aromatic nitrogens is 1. The van der Waals surface area contributed by atoms with E-state index in [2.05, 4.69) is 32.3 Å². The molecule has 140 valence electrons. The summed E-state index contributed by atoms with van der Waals surface area (Å²) >= 11 is 3.39. The summed E-state index contributed by atoms with van der Waals surface area (Å²) in [6.45, 7) is 0.388. The summed E-state index contributed by atoms with van der Waals surface area (Å²) in [4.78, 5) is 18.1. The van der Waals surface area contributed by atoms with Gasteiger partial charge in [-0.2, -0.15) is 5.26 Å². The van der Waals surface area contributed by atoms with Gasteiger partial charge >= 0.3 is 6.03 Å². The van der Waals surface area contributed by atoms with Crippen LogP contribution < -0.4 is 10.1 Å². The number of anilines is 1. The molecule has 6 nitrogen and oxygen atoms in total. The third-order valence-electron chi connectivity index (χ3n) is 3.83. The number of nitrogens with zero attached hydrogens (tertiary/aromatic N) is 3. The van der Waals surface area contributed by atoms with Gasteiger partial charge in [0.05, 0.1) is 23.5 Å². The van der Waals surface area contributed by atoms with Crippen LogP contribution in [0, 0.1) is 11.3 Å². The number of amides is 2. The monoisotopic (exact) mass is 436 g/mol. The lowest BCUT2D eigenvalue weighted by molar-refractivity contribution is 0.220. The van der Waals surface area contributed by atoms with Crippen LogP contribution in [0.25, 0.3) is 0 Å². The zero-order valence-electron chi connectivity index (χ0n) is 15.1. The Hall–Kier alpha value is -3.37. The Labute approximate surface area is 171 Å². The second-order valence-corrected chi connectivity index (χ2v) is 6.96. The average Bonchev–Trinajstić information content (AvgIpc) is 2.69. The first-order valence-electron chi connectivity index (χ1n) is 8.44. The molecular weight excluding hydrogens is 420 g/mol. The molecule has 3 rings (SSSR count). The van der Waals surface area contributed by atoms with Gasteiger partial charge in [0.1, 0.15) is 5.75 Å². The predicted octanol–water partition coefficient (Wildman–Crippen LogP) is 5.17. The quantitative estimate of drug-likeness (QED) is 0.597. The Balaban J connectivity index is 1.58. The van der Waals surface area contributed by atoms with Gasteiger partial charge in [-0.1, -0.05) is 34.1 Å². The first-order chi connectivity index (χ1) is 13.5. The number of hydrogen-bond donors (Lipinski definition) is 1. The van der Waals surface area contributed by atoms with Crippen LogP contribution in [0.15, 0.2) is 71.3 Å². The largest absolute Gasteiger partial charge is 0.439 e. The molecule has 1 heterocycles. The number of halogens is 1.